The molecule has 0 aliphatic rings. The molecule has 3 heterocycles. The van der Waals surface area contributed by atoms with Crippen LogP contribution in [-0.4, -0.2) is 15.0 Å². The fourth-order valence-corrected chi connectivity index (χ4v) is 3.75. The number of pyridine rings is 1. The molecule has 108 valence electrons. The lowest BCUT2D eigenvalue weighted by Gasteiger charge is -2.05. The highest BCUT2D eigenvalue weighted by Gasteiger charge is 2.15. The number of rotatable bonds is 1. The van der Waals surface area contributed by atoms with Gasteiger partial charge in [-0.3, -0.25) is 9.78 Å². The molecule has 0 saturated carbocycles. The first kappa shape index (κ1) is 13.0. The van der Waals surface area contributed by atoms with Crippen LogP contribution in [-0.2, 0) is 0 Å². The molecule has 0 aliphatic heterocycles. The van der Waals surface area contributed by atoms with Crippen molar-refractivity contribution >= 4 is 31.8 Å². The SMILES string of the molecule is Cc1cc(-c2ccccc2)c2c(n1)sc1c(=O)[nH]c(=O)[nH]c12. The van der Waals surface area contributed by atoms with Gasteiger partial charge in [0.05, 0.1) is 5.52 Å². The molecule has 0 aliphatic carbocycles. The monoisotopic (exact) mass is 309 g/mol. The molecule has 2 N–H and O–H groups in total. The van der Waals surface area contributed by atoms with E-state index >= 15 is 0 Å². The highest BCUT2D eigenvalue weighted by molar-refractivity contribution is 7.25. The van der Waals surface area contributed by atoms with Gasteiger partial charge in [-0.2, -0.15) is 0 Å². The molecule has 0 fully saturated rings. The Hall–Kier alpha value is -2.73. The number of aromatic nitrogens is 3. The standard InChI is InChI=1S/C16H11N3O2S/c1-8-7-10(9-5-3-2-4-6-9)11-12-13(22-15(11)17-8)14(20)19-16(21)18-12/h2-7H,1H3,(H2,18,19,20,21). The molecule has 4 rings (SSSR count). The van der Waals surface area contributed by atoms with Gasteiger partial charge in [0.25, 0.3) is 5.56 Å². The van der Waals surface area contributed by atoms with E-state index in [0.717, 1.165) is 27.0 Å². The minimum atomic E-state index is -0.503. The van der Waals surface area contributed by atoms with E-state index in [9.17, 15) is 9.59 Å². The van der Waals surface area contributed by atoms with Crippen molar-refractivity contribution in [1.29, 1.82) is 0 Å². The van der Waals surface area contributed by atoms with Crippen LogP contribution in [0.2, 0.25) is 0 Å². The zero-order valence-electron chi connectivity index (χ0n) is 11.6. The molecule has 5 nitrogen and oxygen atoms in total. The quantitative estimate of drug-likeness (QED) is 0.567. The topological polar surface area (TPSA) is 78.6 Å². The van der Waals surface area contributed by atoms with Gasteiger partial charge in [-0.05, 0) is 24.1 Å². The molecule has 0 saturated heterocycles. The molecule has 0 amide bonds. The van der Waals surface area contributed by atoms with Crippen LogP contribution in [0.1, 0.15) is 5.69 Å². The predicted octanol–water partition coefficient (Wildman–Crippen LogP) is 2.80. The molecular formula is C16H11N3O2S. The second-order valence-corrected chi connectivity index (χ2v) is 6.07. The lowest BCUT2D eigenvalue weighted by molar-refractivity contribution is 1.09. The molecule has 1 aromatic carbocycles. The van der Waals surface area contributed by atoms with Crippen molar-refractivity contribution in [3.05, 3.63) is 62.9 Å². The number of nitrogens with one attached hydrogen (secondary N) is 2. The minimum absolute atomic E-state index is 0.376. The van der Waals surface area contributed by atoms with Gasteiger partial charge in [0.2, 0.25) is 0 Å². The number of fused-ring (bicyclic) bond motifs is 3. The van der Waals surface area contributed by atoms with Gasteiger partial charge in [0, 0.05) is 11.1 Å². The molecule has 4 aromatic rings. The van der Waals surface area contributed by atoms with Crippen molar-refractivity contribution in [2.75, 3.05) is 0 Å². The van der Waals surface area contributed by atoms with Gasteiger partial charge < -0.3 is 4.98 Å². The summed E-state index contributed by atoms with van der Waals surface area (Å²) in [7, 11) is 0. The molecule has 0 spiro atoms. The average molecular weight is 309 g/mol. The summed E-state index contributed by atoms with van der Waals surface area (Å²) in [5.74, 6) is 0. The predicted molar refractivity (Wildman–Crippen MR) is 88.5 cm³/mol. The fraction of sp³-hybridized carbons (Fsp3) is 0.0625. The summed E-state index contributed by atoms with van der Waals surface area (Å²) < 4.78 is 0.491. The van der Waals surface area contributed by atoms with Gasteiger partial charge in [-0.1, -0.05) is 30.3 Å². The van der Waals surface area contributed by atoms with Crippen LogP contribution < -0.4 is 11.2 Å². The van der Waals surface area contributed by atoms with Gasteiger partial charge in [-0.15, -0.1) is 11.3 Å². The third-order valence-corrected chi connectivity index (χ3v) is 4.63. The van der Waals surface area contributed by atoms with Crippen LogP contribution in [0.5, 0.6) is 0 Å². The van der Waals surface area contributed by atoms with Crippen molar-refractivity contribution in [2.45, 2.75) is 6.92 Å². The summed E-state index contributed by atoms with van der Waals surface area (Å²) in [6, 6.07) is 11.9. The zero-order valence-corrected chi connectivity index (χ0v) is 12.5. The van der Waals surface area contributed by atoms with Crippen LogP contribution in [0.4, 0.5) is 0 Å². The lowest BCUT2D eigenvalue weighted by atomic mass is 10.0. The summed E-state index contributed by atoms with van der Waals surface area (Å²) in [5, 5.41) is 0.819. The third-order valence-electron chi connectivity index (χ3n) is 3.55. The van der Waals surface area contributed by atoms with Crippen LogP contribution in [0, 0.1) is 6.92 Å². The Morgan fingerprint density at radius 2 is 1.86 bits per heavy atom. The first-order chi connectivity index (χ1) is 10.6. The molecule has 0 atom stereocenters. The maximum Gasteiger partial charge on any atom is 0.326 e. The summed E-state index contributed by atoms with van der Waals surface area (Å²) in [5.41, 5.74) is 2.54. The van der Waals surface area contributed by atoms with Crippen LogP contribution >= 0.6 is 11.3 Å². The summed E-state index contributed by atoms with van der Waals surface area (Å²) in [6.45, 7) is 1.92. The first-order valence-electron chi connectivity index (χ1n) is 6.75. The van der Waals surface area contributed by atoms with Crippen molar-refractivity contribution in [1.82, 2.24) is 15.0 Å². The van der Waals surface area contributed by atoms with E-state index in [4.69, 9.17) is 0 Å². The van der Waals surface area contributed by atoms with Crippen LogP contribution in [0.3, 0.4) is 0 Å². The molecule has 0 radical (unpaired) electrons. The van der Waals surface area contributed by atoms with Gasteiger partial charge >= 0.3 is 5.69 Å². The smallest absolute Gasteiger partial charge is 0.305 e. The van der Waals surface area contributed by atoms with E-state index < -0.39 is 5.69 Å². The van der Waals surface area contributed by atoms with Crippen molar-refractivity contribution < 1.29 is 0 Å². The number of H-pyrrole nitrogens is 2. The number of nitrogens with zero attached hydrogens (tertiary/aromatic N) is 1. The summed E-state index contributed by atoms with van der Waals surface area (Å²) in [4.78, 5) is 33.9. The Bertz CT molecular complexity index is 1120. The minimum Gasteiger partial charge on any atom is -0.305 e. The van der Waals surface area contributed by atoms with Gasteiger partial charge in [0.15, 0.2) is 0 Å². The second kappa shape index (κ2) is 4.64. The Kier molecular flexibility index (Phi) is 2.74. The van der Waals surface area contributed by atoms with Gasteiger partial charge in [-0.25, -0.2) is 9.78 Å². The third kappa shape index (κ3) is 1.88. The molecule has 0 bridgehead atoms. The maximum atomic E-state index is 12.0. The Morgan fingerprint density at radius 1 is 1.09 bits per heavy atom. The van der Waals surface area contributed by atoms with Crippen molar-refractivity contribution in [2.24, 2.45) is 0 Å². The molecule has 0 unspecified atom stereocenters. The highest BCUT2D eigenvalue weighted by Crippen LogP contribution is 2.36. The number of aromatic amines is 2. The summed E-state index contributed by atoms with van der Waals surface area (Å²) in [6.07, 6.45) is 0. The lowest BCUT2D eigenvalue weighted by Crippen LogP contribution is -2.20. The zero-order chi connectivity index (χ0) is 15.3. The van der Waals surface area contributed by atoms with E-state index in [2.05, 4.69) is 15.0 Å². The number of aryl methyl sites for hydroxylation is 1. The van der Waals surface area contributed by atoms with Gasteiger partial charge in [0.1, 0.15) is 9.53 Å². The van der Waals surface area contributed by atoms with Crippen LogP contribution in [0.25, 0.3) is 31.6 Å². The Balaban J connectivity index is 2.26. The van der Waals surface area contributed by atoms with Crippen LogP contribution in [0.15, 0.2) is 46.0 Å². The molecular weight excluding hydrogens is 298 g/mol. The normalized spacial score (nSPS) is 11.3. The van der Waals surface area contributed by atoms with E-state index in [1.807, 2.05) is 43.3 Å². The van der Waals surface area contributed by atoms with E-state index in [1.54, 1.807) is 0 Å². The largest absolute Gasteiger partial charge is 0.326 e. The number of hydrogen-bond donors (Lipinski definition) is 2. The highest BCUT2D eigenvalue weighted by atomic mass is 32.1. The number of benzene rings is 1. The molecule has 3 aromatic heterocycles. The summed E-state index contributed by atoms with van der Waals surface area (Å²) >= 11 is 1.29. The van der Waals surface area contributed by atoms with Crippen molar-refractivity contribution in [3.63, 3.8) is 0 Å². The second-order valence-electron chi connectivity index (χ2n) is 5.07. The maximum absolute atomic E-state index is 12.0. The van der Waals surface area contributed by atoms with E-state index in [-0.39, 0.29) is 5.56 Å². The Labute approximate surface area is 128 Å². The number of thiophene rings is 1. The fourth-order valence-electron chi connectivity index (χ4n) is 2.65. The van der Waals surface area contributed by atoms with E-state index in [1.165, 1.54) is 11.3 Å². The Morgan fingerprint density at radius 3 is 2.64 bits per heavy atom. The molecule has 22 heavy (non-hydrogen) atoms. The van der Waals surface area contributed by atoms with E-state index in [0.29, 0.717) is 10.2 Å². The molecule has 6 heteroatoms. The average Bonchev–Trinajstić information content (AvgIpc) is 2.86. The first-order valence-corrected chi connectivity index (χ1v) is 7.57. The van der Waals surface area contributed by atoms with Crippen molar-refractivity contribution in [3.8, 4) is 11.1 Å². The number of hydrogen-bond acceptors (Lipinski definition) is 4.